The van der Waals surface area contributed by atoms with Gasteiger partial charge in [0.15, 0.2) is 0 Å². The van der Waals surface area contributed by atoms with Gasteiger partial charge in [-0.3, -0.25) is 0 Å². The van der Waals surface area contributed by atoms with Crippen LogP contribution in [0, 0.1) is 12.7 Å². The van der Waals surface area contributed by atoms with Crippen LogP contribution < -0.4 is 4.74 Å². The van der Waals surface area contributed by atoms with Crippen molar-refractivity contribution in [2.45, 2.75) is 13.5 Å². The van der Waals surface area contributed by atoms with Crippen molar-refractivity contribution in [3.8, 4) is 5.88 Å². The molecule has 1 aromatic carbocycles. The molecule has 0 bridgehead atoms. The average Bonchev–Trinajstić information content (AvgIpc) is 2.28. The van der Waals surface area contributed by atoms with Gasteiger partial charge in [0, 0.05) is 22.8 Å². The summed E-state index contributed by atoms with van der Waals surface area (Å²) in [4.78, 5) is 7.99. The summed E-state index contributed by atoms with van der Waals surface area (Å²) in [6.07, 6.45) is 1.59. The molecule has 1 heterocycles. The highest BCUT2D eigenvalue weighted by molar-refractivity contribution is 6.30. The van der Waals surface area contributed by atoms with Crippen LogP contribution in [0.4, 0.5) is 4.39 Å². The number of hydrogen-bond donors (Lipinski definition) is 0. The molecule has 0 aliphatic rings. The summed E-state index contributed by atoms with van der Waals surface area (Å²) in [6, 6.07) is 6.09. The molecule has 0 saturated carbocycles. The van der Waals surface area contributed by atoms with Gasteiger partial charge in [0.05, 0.1) is 0 Å². The lowest BCUT2D eigenvalue weighted by molar-refractivity contribution is 0.287. The Morgan fingerprint density at radius 3 is 2.88 bits per heavy atom. The lowest BCUT2D eigenvalue weighted by Crippen LogP contribution is -2.00. The van der Waals surface area contributed by atoms with E-state index in [-0.39, 0.29) is 12.4 Å². The van der Waals surface area contributed by atoms with Gasteiger partial charge in [-0.05, 0) is 19.1 Å². The Morgan fingerprint density at radius 2 is 2.18 bits per heavy atom. The summed E-state index contributed by atoms with van der Waals surface area (Å²) in [7, 11) is 0. The molecule has 2 rings (SSSR count). The second kappa shape index (κ2) is 5.10. The third-order valence-electron chi connectivity index (χ3n) is 2.14. The summed E-state index contributed by atoms with van der Waals surface area (Å²) in [5, 5.41) is 0.365. The molecule has 5 heteroatoms. The van der Waals surface area contributed by atoms with Crippen LogP contribution in [0.2, 0.25) is 5.02 Å². The zero-order valence-corrected chi connectivity index (χ0v) is 9.91. The van der Waals surface area contributed by atoms with Crippen LogP contribution in [0.1, 0.15) is 11.4 Å². The SMILES string of the molecule is Cc1nccc(OCc2ccc(Cl)cc2F)n1. The van der Waals surface area contributed by atoms with Gasteiger partial charge in [-0.1, -0.05) is 17.7 Å². The van der Waals surface area contributed by atoms with Crippen molar-refractivity contribution in [1.29, 1.82) is 0 Å². The molecule has 0 saturated heterocycles. The fourth-order valence-corrected chi connectivity index (χ4v) is 1.46. The monoisotopic (exact) mass is 252 g/mol. The Morgan fingerprint density at radius 1 is 1.35 bits per heavy atom. The van der Waals surface area contributed by atoms with Crippen molar-refractivity contribution < 1.29 is 9.13 Å². The minimum atomic E-state index is -0.386. The van der Waals surface area contributed by atoms with Crippen LogP contribution in [0.3, 0.4) is 0 Å². The van der Waals surface area contributed by atoms with Gasteiger partial charge < -0.3 is 4.74 Å². The maximum absolute atomic E-state index is 13.4. The summed E-state index contributed by atoms with van der Waals surface area (Å²) in [6.45, 7) is 1.87. The van der Waals surface area contributed by atoms with Crippen molar-refractivity contribution in [1.82, 2.24) is 9.97 Å². The highest BCUT2D eigenvalue weighted by Crippen LogP contribution is 2.16. The van der Waals surface area contributed by atoms with E-state index in [1.165, 1.54) is 6.07 Å². The van der Waals surface area contributed by atoms with Crippen LogP contribution in [0.5, 0.6) is 5.88 Å². The van der Waals surface area contributed by atoms with Gasteiger partial charge in [-0.25, -0.2) is 9.37 Å². The van der Waals surface area contributed by atoms with Gasteiger partial charge in [0.25, 0.3) is 0 Å². The number of aromatic nitrogens is 2. The van der Waals surface area contributed by atoms with Crippen molar-refractivity contribution in [3.05, 3.63) is 52.7 Å². The Bertz CT molecular complexity index is 534. The van der Waals surface area contributed by atoms with Gasteiger partial charge >= 0.3 is 0 Å². The Balaban J connectivity index is 2.07. The molecule has 0 atom stereocenters. The Hall–Kier alpha value is -1.68. The van der Waals surface area contributed by atoms with E-state index in [4.69, 9.17) is 16.3 Å². The Kier molecular flexibility index (Phi) is 3.54. The van der Waals surface area contributed by atoms with Gasteiger partial charge in [-0.2, -0.15) is 4.98 Å². The summed E-state index contributed by atoms with van der Waals surface area (Å²) in [5.41, 5.74) is 0.436. The third-order valence-corrected chi connectivity index (χ3v) is 2.38. The van der Waals surface area contributed by atoms with Crippen LogP contribution in [0.25, 0.3) is 0 Å². The molecule has 0 N–H and O–H groups in total. The molecule has 1 aromatic heterocycles. The predicted molar refractivity (Wildman–Crippen MR) is 62.5 cm³/mol. The van der Waals surface area contributed by atoms with E-state index in [1.807, 2.05) is 0 Å². The van der Waals surface area contributed by atoms with E-state index >= 15 is 0 Å². The van der Waals surface area contributed by atoms with Gasteiger partial charge in [0.2, 0.25) is 5.88 Å². The molecule has 0 unspecified atom stereocenters. The van der Waals surface area contributed by atoms with E-state index in [9.17, 15) is 4.39 Å². The second-order valence-corrected chi connectivity index (χ2v) is 3.90. The van der Waals surface area contributed by atoms with E-state index < -0.39 is 0 Å². The summed E-state index contributed by atoms with van der Waals surface area (Å²) < 4.78 is 18.8. The molecule has 0 fully saturated rings. The molecule has 88 valence electrons. The lowest BCUT2D eigenvalue weighted by Gasteiger charge is -2.06. The van der Waals surface area contributed by atoms with E-state index in [2.05, 4.69) is 9.97 Å². The predicted octanol–water partition coefficient (Wildman–Crippen LogP) is 3.16. The van der Waals surface area contributed by atoms with E-state index in [0.717, 1.165) is 0 Å². The average molecular weight is 253 g/mol. The number of halogens is 2. The zero-order chi connectivity index (χ0) is 12.3. The van der Waals surface area contributed by atoms with E-state index in [0.29, 0.717) is 22.3 Å². The largest absolute Gasteiger partial charge is 0.473 e. The number of hydrogen-bond acceptors (Lipinski definition) is 3. The number of nitrogens with zero attached hydrogens (tertiary/aromatic N) is 2. The van der Waals surface area contributed by atoms with Crippen molar-refractivity contribution >= 4 is 11.6 Å². The molecule has 0 amide bonds. The maximum Gasteiger partial charge on any atom is 0.216 e. The molecular weight excluding hydrogens is 243 g/mol. The highest BCUT2D eigenvalue weighted by Gasteiger charge is 2.04. The zero-order valence-electron chi connectivity index (χ0n) is 9.15. The fraction of sp³-hybridized carbons (Fsp3) is 0.167. The van der Waals surface area contributed by atoms with Crippen LogP contribution >= 0.6 is 11.6 Å². The number of ether oxygens (including phenoxy) is 1. The van der Waals surface area contributed by atoms with Crippen molar-refractivity contribution in [2.75, 3.05) is 0 Å². The number of rotatable bonds is 3. The molecule has 2 aromatic rings. The molecular formula is C12H10ClFN2O. The lowest BCUT2D eigenvalue weighted by atomic mass is 10.2. The molecule has 0 spiro atoms. The molecule has 0 aliphatic carbocycles. The normalized spacial score (nSPS) is 10.3. The fourth-order valence-electron chi connectivity index (χ4n) is 1.31. The minimum Gasteiger partial charge on any atom is -0.473 e. The van der Waals surface area contributed by atoms with Crippen molar-refractivity contribution in [3.63, 3.8) is 0 Å². The standard InChI is InChI=1S/C12H10ClFN2O/c1-8-15-5-4-12(16-8)17-7-9-2-3-10(13)6-11(9)14/h2-6H,7H2,1H3. The van der Waals surface area contributed by atoms with E-state index in [1.54, 1.807) is 31.3 Å². The van der Waals surface area contributed by atoms with Crippen LogP contribution in [-0.2, 0) is 6.61 Å². The number of benzene rings is 1. The maximum atomic E-state index is 13.4. The topological polar surface area (TPSA) is 35.0 Å². The molecule has 0 aliphatic heterocycles. The van der Waals surface area contributed by atoms with Crippen LogP contribution in [0.15, 0.2) is 30.5 Å². The van der Waals surface area contributed by atoms with Crippen molar-refractivity contribution in [2.24, 2.45) is 0 Å². The first kappa shape index (κ1) is 11.8. The quantitative estimate of drug-likeness (QED) is 0.842. The molecule has 17 heavy (non-hydrogen) atoms. The molecule has 0 radical (unpaired) electrons. The smallest absolute Gasteiger partial charge is 0.216 e. The van der Waals surface area contributed by atoms with Crippen LogP contribution in [-0.4, -0.2) is 9.97 Å². The first-order valence-corrected chi connectivity index (χ1v) is 5.39. The minimum absolute atomic E-state index is 0.111. The first-order valence-electron chi connectivity index (χ1n) is 5.01. The first-order chi connectivity index (χ1) is 8.15. The number of aryl methyl sites for hydroxylation is 1. The highest BCUT2D eigenvalue weighted by atomic mass is 35.5. The summed E-state index contributed by atoms with van der Waals surface area (Å²) >= 11 is 5.65. The second-order valence-electron chi connectivity index (χ2n) is 3.47. The molecule has 3 nitrogen and oxygen atoms in total. The van der Waals surface area contributed by atoms with Gasteiger partial charge in [0.1, 0.15) is 18.2 Å². The summed E-state index contributed by atoms with van der Waals surface area (Å²) in [5.74, 6) is 0.647. The van der Waals surface area contributed by atoms with Gasteiger partial charge in [-0.15, -0.1) is 0 Å². The third kappa shape index (κ3) is 3.14. The Labute approximate surface area is 103 Å².